The number of para-hydroxylation sites is 2. The van der Waals surface area contributed by atoms with Gasteiger partial charge in [0, 0.05) is 35.4 Å². The molecule has 4 rings (SSSR count). The van der Waals surface area contributed by atoms with Crippen LogP contribution in [0.2, 0.25) is 0 Å². The van der Waals surface area contributed by atoms with Gasteiger partial charge in [-0.05, 0) is 43.0 Å². The summed E-state index contributed by atoms with van der Waals surface area (Å²) in [5.74, 6) is 0.971. The van der Waals surface area contributed by atoms with Gasteiger partial charge in [0.05, 0.1) is 0 Å². The van der Waals surface area contributed by atoms with Crippen molar-refractivity contribution in [1.29, 1.82) is 0 Å². The summed E-state index contributed by atoms with van der Waals surface area (Å²) in [4.78, 5) is 24.8. The highest BCUT2D eigenvalue weighted by Gasteiger charge is 2.12. The number of hydrogen-bond acceptors (Lipinski definition) is 4. The molecule has 0 aliphatic heterocycles. The molecule has 2 heterocycles. The maximum absolute atomic E-state index is 12.8. The Balaban J connectivity index is 1.44. The number of amides is 1. The first kappa shape index (κ1) is 19.6. The second-order valence-corrected chi connectivity index (χ2v) is 7.19. The van der Waals surface area contributed by atoms with E-state index in [9.17, 15) is 4.79 Å². The lowest BCUT2D eigenvalue weighted by molar-refractivity contribution is 0.102. The van der Waals surface area contributed by atoms with Crippen LogP contribution in [0.3, 0.4) is 0 Å². The highest BCUT2D eigenvalue weighted by atomic mass is 16.1. The Kier molecular flexibility index (Phi) is 5.75. The van der Waals surface area contributed by atoms with Crippen LogP contribution in [0.4, 0.5) is 11.5 Å². The number of fused-ring (bicyclic) bond motifs is 1. The number of aromatic nitrogens is 3. The number of aromatic amines is 1. The van der Waals surface area contributed by atoms with Crippen LogP contribution in [0.15, 0.2) is 60.8 Å². The van der Waals surface area contributed by atoms with E-state index in [1.807, 2.05) is 42.6 Å². The first-order valence-corrected chi connectivity index (χ1v) is 10.2. The molecule has 0 aliphatic rings. The number of rotatable bonds is 7. The van der Waals surface area contributed by atoms with Gasteiger partial charge in [-0.25, -0.2) is 9.97 Å². The molecular weight excluding hydrogens is 374 g/mol. The largest absolute Gasteiger partial charge is 0.370 e. The molecule has 0 atom stereocenters. The van der Waals surface area contributed by atoms with Crippen molar-refractivity contribution in [1.82, 2.24) is 15.0 Å². The molecule has 4 aromatic rings. The number of benzene rings is 2. The van der Waals surface area contributed by atoms with Crippen LogP contribution in [0.1, 0.15) is 34.4 Å². The Morgan fingerprint density at radius 3 is 2.70 bits per heavy atom. The number of nitrogens with zero attached hydrogens (tertiary/aromatic N) is 2. The zero-order valence-electron chi connectivity index (χ0n) is 17.2. The monoisotopic (exact) mass is 399 g/mol. The minimum atomic E-state index is -0.235. The lowest BCUT2D eigenvalue weighted by Crippen LogP contribution is -2.17. The Labute approximate surface area is 175 Å². The standard InChI is InChI=1S/C24H25N5O/c1-3-17-8-4-6-10-20(17)29-24(30)22-14-23(28-16(2)27-22)25-13-12-18-15-26-21-11-7-5-9-19(18)21/h4-11,14-15,26H,3,12-13H2,1-2H3,(H,29,30)(H,25,27,28). The number of aryl methyl sites for hydroxylation is 2. The fourth-order valence-electron chi connectivity index (χ4n) is 3.58. The molecule has 0 spiro atoms. The van der Waals surface area contributed by atoms with Gasteiger partial charge < -0.3 is 15.6 Å². The molecule has 1 amide bonds. The number of anilines is 2. The highest BCUT2D eigenvalue weighted by Crippen LogP contribution is 2.19. The van der Waals surface area contributed by atoms with Crippen molar-refractivity contribution < 1.29 is 4.79 Å². The summed E-state index contributed by atoms with van der Waals surface area (Å²) in [5.41, 5.74) is 4.64. The first-order valence-electron chi connectivity index (χ1n) is 10.2. The van der Waals surface area contributed by atoms with Crippen molar-refractivity contribution >= 4 is 28.3 Å². The van der Waals surface area contributed by atoms with Crippen LogP contribution < -0.4 is 10.6 Å². The summed E-state index contributed by atoms with van der Waals surface area (Å²) in [6, 6.07) is 17.8. The van der Waals surface area contributed by atoms with Gasteiger partial charge in [-0.3, -0.25) is 4.79 Å². The third-order valence-corrected chi connectivity index (χ3v) is 5.09. The molecule has 2 aromatic carbocycles. The van der Waals surface area contributed by atoms with Crippen molar-refractivity contribution in [3.05, 3.63) is 83.4 Å². The van der Waals surface area contributed by atoms with Crippen LogP contribution >= 0.6 is 0 Å². The van der Waals surface area contributed by atoms with E-state index < -0.39 is 0 Å². The zero-order chi connectivity index (χ0) is 20.9. The summed E-state index contributed by atoms with van der Waals surface area (Å²) in [6.07, 6.45) is 3.74. The second kappa shape index (κ2) is 8.78. The van der Waals surface area contributed by atoms with Crippen LogP contribution in [-0.2, 0) is 12.8 Å². The highest BCUT2D eigenvalue weighted by molar-refractivity contribution is 6.03. The molecule has 3 N–H and O–H groups in total. The van der Waals surface area contributed by atoms with Gasteiger partial charge >= 0.3 is 0 Å². The minimum absolute atomic E-state index is 0.235. The van der Waals surface area contributed by atoms with Gasteiger partial charge in [0.2, 0.25) is 0 Å². The van der Waals surface area contributed by atoms with Gasteiger partial charge in [0.15, 0.2) is 0 Å². The van der Waals surface area contributed by atoms with E-state index in [-0.39, 0.29) is 5.91 Å². The van der Waals surface area contributed by atoms with Gasteiger partial charge in [-0.1, -0.05) is 43.3 Å². The van der Waals surface area contributed by atoms with Crippen LogP contribution in [0, 0.1) is 6.92 Å². The summed E-state index contributed by atoms with van der Waals surface area (Å²) in [7, 11) is 0. The topological polar surface area (TPSA) is 82.7 Å². The fourth-order valence-corrected chi connectivity index (χ4v) is 3.58. The number of H-pyrrole nitrogens is 1. The number of hydrogen-bond donors (Lipinski definition) is 3. The Hall–Kier alpha value is -3.67. The van der Waals surface area contributed by atoms with Gasteiger partial charge in [0.25, 0.3) is 5.91 Å². The van der Waals surface area contributed by atoms with Crippen molar-refractivity contribution in [3.63, 3.8) is 0 Å². The number of nitrogens with one attached hydrogen (secondary N) is 3. The van der Waals surface area contributed by atoms with E-state index in [4.69, 9.17) is 0 Å². The average molecular weight is 399 g/mol. The molecular formula is C24H25N5O. The molecule has 0 unspecified atom stereocenters. The van der Waals surface area contributed by atoms with Gasteiger partial charge in [-0.15, -0.1) is 0 Å². The smallest absolute Gasteiger partial charge is 0.274 e. The lowest BCUT2D eigenvalue weighted by Gasteiger charge is -2.11. The molecule has 6 heteroatoms. The molecule has 0 aliphatic carbocycles. The third-order valence-electron chi connectivity index (χ3n) is 5.09. The number of carbonyl (C=O) groups is 1. The van der Waals surface area contributed by atoms with Gasteiger partial charge in [-0.2, -0.15) is 0 Å². The van der Waals surface area contributed by atoms with E-state index in [2.05, 4.69) is 44.6 Å². The second-order valence-electron chi connectivity index (χ2n) is 7.19. The first-order chi connectivity index (χ1) is 14.6. The van der Waals surface area contributed by atoms with E-state index in [1.165, 1.54) is 10.9 Å². The minimum Gasteiger partial charge on any atom is -0.370 e. The normalized spacial score (nSPS) is 10.9. The predicted molar refractivity (Wildman–Crippen MR) is 121 cm³/mol. The summed E-state index contributed by atoms with van der Waals surface area (Å²) in [5, 5.41) is 7.52. The average Bonchev–Trinajstić information content (AvgIpc) is 3.17. The maximum atomic E-state index is 12.8. The van der Waals surface area contributed by atoms with Crippen LogP contribution in [0.25, 0.3) is 10.9 Å². The fraction of sp³-hybridized carbons (Fsp3) is 0.208. The molecule has 6 nitrogen and oxygen atoms in total. The quantitative estimate of drug-likeness (QED) is 0.419. The Morgan fingerprint density at radius 1 is 1.03 bits per heavy atom. The molecule has 0 saturated heterocycles. The zero-order valence-corrected chi connectivity index (χ0v) is 17.2. The van der Waals surface area contributed by atoms with Crippen molar-refractivity contribution in [2.24, 2.45) is 0 Å². The van der Waals surface area contributed by atoms with E-state index in [0.717, 1.165) is 29.6 Å². The molecule has 0 saturated carbocycles. The van der Waals surface area contributed by atoms with E-state index in [1.54, 1.807) is 13.0 Å². The number of carbonyl (C=O) groups excluding carboxylic acids is 1. The van der Waals surface area contributed by atoms with E-state index >= 15 is 0 Å². The summed E-state index contributed by atoms with van der Waals surface area (Å²) >= 11 is 0. The maximum Gasteiger partial charge on any atom is 0.274 e. The van der Waals surface area contributed by atoms with Crippen molar-refractivity contribution in [2.45, 2.75) is 26.7 Å². The molecule has 0 bridgehead atoms. The van der Waals surface area contributed by atoms with Crippen LogP contribution in [-0.4, -0.2) is 27.4 Å². The van der Waals surface area contributed by atoms with E-state index in [0.29, 0.717) is 23.9 Å². The van der Waals surface area contributed by atoms with Crippen molar-refractivity contribution in [2.75, 3.05) is 17.2 Å². The van der Waals surface area contributed by atoms with Gasteiger partial charge in [0.1, 0.15) is 17.3 Å². The summed E-state index contributed by atoms with van der Waals surface area (Å²) < 4.78 is 0. The SMILES string of the molecule is CCc1ccccc1NC(=O)c1cc(NCCc2c[nH]c3ccccc23)nc(C)n1. The molecule has 30 heavy (non-hydrogen) atoms. The summed E-state index contributed by atoms with van der Waals surface area (Å²) in [6.45, 7) is 4.56. The predicted octanol–water partition coefficient (Wildman–Crippen LogP) is 4.74. The molecule has 2 aromatic heterocycles. The molecule has 0 fully saturated rings. The Bertz CT molecular complexity index is 1180. The molecule has 0 radical (unpaired) electrons. The third kappa shape index (κ3) is 4.33. The Morgan fingerprint density at radius 2 is 1.83 bits per heavy atom. The molecule has 152 valence electrons. The van der Waals surface area contributed by atoms with Crippen LogP contribution in [0.5, 0.6) is 0 Å². The van der Waals surface area contributed by atoms with Crippen molar-refractivity contribution in [3.8, 4) is 0 Å². The lowest BCUT2D eigenvalue weighted by atomic mass is 10.1.